The number of hydrogen-bond acceptors (Lipinski definition) is 5. The second-order valence-corrected chi connectivity index (χ2v) is 11.0. The van der Waals surface area contributed by atoms with Crippen LogP contribution in [0.25, 0.3) is 11.1 Å². The summed E-state index contributed by atoms with van der Waals surface area (Å²) in [5.41, 5.74) is 2.80. The lowest BCUT2D eigenvalue weighted by atomic mass is 9.93. The van der Waals surface area contributed by atoms with E-state index in [0.717, 1.165) is 6.07 Å². The number of nitrogens with two attached hydrogens (primary N) is 1. The van der Waals surface area contributed by atoms with Gasteiger partial charge < -0.3 is 5.73 Å². The van der Waals surface area contributed by atoms with Crippen LogP contribution in [-0.4, -0.2) is 23.9 Å². The Balaban J connectivity index is 2.02. The Hall–Kier alpha value is -4.25. The third kappa shape index (κ3) is 3.90. The molecule has 0 spiro atoms. The van der Waals surface area contributed by atoms with Gasteiger partial charge in [0.25, 0.3) is 11.5 Å². The standard InChI is InChI=1S/C27H20F3N3O4S/c1-14-3-5-17-21(11-14)38(36,37)22-12-15(2)4-6-18(22)23(17)33-24(27(28,29)30)19(16-7-9-32-10-8-16)13-20(25(31)34)26(33)35/h3-13,23H,1-2H3,(H2,31,34). The van der Waals surface area contributed by atoms with E-state index in [0.29, 0.717) is 15.7 Å². The van der Waals surface area contributed by atoms with Gasteiger partial charge in [-0.3, -0.25) is 19.1 Å². The van der Waals surface area contributed by atoms with E-state index in [4.69, 9.17) is 5.73 Å². The van der Waals surface area contributed by atoms with Crippen molar-refractivity contribution in [1.29, 1.82) is 0 Å². The first kappa shape index (κ1) is 25.4. The van der Waals surface area contributed by atoms with Gasteiger partial charge in [-0.05, 0) is 72.0 Å². The zero-order valence-electron chi connectivity index (χ0n) is 20.1. The number of aromatic nitrogens is 2. The molecule has 1 amide bonds. The summed E-state index contributed by atoms with van der Waals surface area (Å²) in [5.74, 6) is -1.22. The summed E-state index contributed by atoms with van der Waals surface area (Å²) in [4.78, 5) is 29.4. The van der Waals surface area contributed by atoms with Gasteiger partial charge in [0, 0.05) is 18.0 Å². The van der Waals surface area contributed by atoms with Gasteiger partial charge in [-0.2, -0.15) is 13.2 Å². The number of rotatable bonds is 3. The van der Waals surface area contributed by atoms with Crippen LogP contribution < -0.4 is 11.3 Å². The SMILES string of the molecule is Cc1ccc2c(c1)S(=O)(=O)c1cc(C)ccc1C2n1c(C(F)(F)F)c(-c2ccncc2)cc(C(N)=O)c1=O. The summed E-state index contributed by atoms with van der Waals surface area (Å²) in [5, 5.41) is 0. The van der Waals surface area contributed by atoms with E-state index in [-0.39, 0.29) is 26.5 Å². The zero-order valence-corrected chi connectivity index (χ0v) is 20.9. The lowest BCUT2D eigenvalue weighted by Gasteiger charge is -2.33. The van der Waals surface area contributed by atoms with Crippen LogP contribution >= 0.6 is 0 Å². The smallest absolute Gasteiger partial charge is 0.365 e. The monoisotopic (exact) mass is 539 g/mol. The third-order valence-corrected chi connectivity index (χ3v) is 8.39. The second-order valence-electron chi connectivity index (χ2n) is 9.08. The van der Waals surface area contributed by atoms with Gasteiger partial charge in [0.05, 0.1) is 15.8 Å². The number of nitrogens with zero attached hydrogens (tertiary/aromatic N) is 2. The van der Waals surface area contributed by atoms with Crippen molar-refractivity contribution in [1.82, 2.24) is 9.55 Å². The van der Waals surface area contributed by atoms with Crippen LogP contribution in [0.1, 0.15) is 44.3 Å². The number of hydrogen-bond donors (Lipinski definition) is 1. The number of benzene rings is 2. The van der Waals surface area contributed by atoms with Gasteiger partial charge in [-0.1, -0.05) is 24.3 Å². The first-order chi connectivity index (χ1) is 17.8. The van der Waals surface area contributed by atoms with Crippen molar-refractivity contribution >= 4 is 15.7 Å². The Morgan fingerprint density at radius 1 is 0.921 bits per heavy atom. The molecule has 7 nitrogen and oxygen atoms in total. The highest BCUT2D eigenvalue weighted by atomic mass is 32.2. The molecule has 0 unspecified atom stereocenters. The summed E-state index contributed by atoms with van der Waals surface area (Å²) in [6.07, 6.45) is -2.53. The maximum Gasteiger partial charge on any atom is 0.432 e. The fourth-order valence-corrected chi connectivity index (χ4v) is 6.76. The average Bonchev–Trinajstić information content (AvgIpc) is 2.85. The lowest BCUT2D eigenvalue weighted by Crippen LogP contribution is -2.39. The van der Waals surface area contributed by atoms with Crippen molar-refractivity contribution < 1.29 is 26.4 Å². The number of fused-ring (bicyclic) bond motifs is 2. The van der Waals surface area contributed by atoms with Crippen LogP contribution in [0.5, 0.6) is 0 Å². The maximum atomic E-state index is 14.9. The molecule has 0 aliphatic carbocycles. The largest absolute Gasteiger partial charge is 0.432 e. The highest BCUT2D eigenvalue weighted by Crippen LogP contribution is 2.46. The number of amides is 1. The Kier molecular flexibility index (Phi) is 5.79. The van der Waals surface area contributed by atoms with Gasteiger partial charge in [0.1, 0.15) is 11.3 Å². The van der Waals surface area contributed by atoms with Crippen molar-refractivity contribution in [3.05, 3.63) is 111 Å². The summed E-state index contributed by atoms with van der Waals surface area (Å²) in [6.45, 7) is 3.30. The van der Waals surface area contributed by atoms with Gasteiger partial charge in [0.15, 0.2) is 0 Å². The molecule has 194 valence electrons. The Bertz CT molecular complexity index is 1740. The molecule has 1 aliphatic heterocycles. The number of halogens is 3. The summed E-state index contributed by atoms with van der Waals surface area (Å²) in [6, 6.07) is 10.6. The van der Waals surface area contributed by atoms with E-state index >= 15 is 0 Å². The fraction of sp³-hybridized carbons (Fsp3) is 0.148. The predicted molar refractivity (Wildman–Crippen MR) is 133 cm³/mol. The van der Waals surface area contributed by atoms with Crippen LogP contribution in [0.15, 0.2) is 81.6 Å². The molecule has 0 radical (unpaired) electrons. The number of carbonyl (C=O) groups excluding carboxylic acids is 1. The van der Waals surface area contributed by atoms with Gasteiger partial charge in [0.2, 0.25) is 9.84 Å². The van der Waals surface area contributed by atoms with E-state index in [2.05, 4.69) is 4.98 Å². The highest BCUT2D eigenvalue weighted by Gasteiger charge is 2.44. The van der Waals surface area contributed by atoms with Crippen LogP contribution in [0.3, 0.4) is 0 Å². The molecule has 2 N–H and O–H groups in total. The number of pyridine rings is 2. The molecule has 1 aliphatic rings. The average molecular weight is 540 g/mol. The first-order valence-electron chi connectivity index (χ1n) is 11.4. The predicted octanol–water partition coefficient (Wildman–Crippen LogP) is 4.43. The lowest BCUT2D eigenvalue weighted by molar-refractivity contribution is -0.143. The number of alkyl halides is 3. The molecule has 2 aromatic carbocycles. The normalized spacial score (nSPS) is 14.6. The molecule has 11 heteroatoms. The topological polar surface area (TPSA) is 112 Å². The molecule has 38 heavy (non-hydrogen) atoms. The molecule has 0 saturated heterocycles. The fourth-order valence-electron chi connectivity index (χ4n) is 4.86. The van der Waals surface area contributed by atoms with Crippen molar-refractivity contribution in [3.8, 4) is 11.1 Å². The Morgan fingerprint density at radius 2 is 1.45 bits per heavy atom. The van der Waals surface area contributed by atoms with Crippen LogP contribution in [0.4, 0.5) is 13.2 Å². The molecule has 4 aromatic rings. The van der Waals surface area contributed by atoms with Crippen LogP contribution in [0.2, 0.25) is 0 Å². The number of primary amides is 1. The zero-order chi connectivity index (χ0) is 27.6. The molecular formula is C27H20F3N3O4S. The molecule has 0 fully saturated rings. The second kappa shape index (κ2) is 8.66. The maximum absolute atomic E-state index is 14.9. The number of carbonyl (C=O) groups is 1. The van der Waals surface area contributed by atoms with Crippen LogP contribution in [0, 0.1) is 13.8 Å². The highest BCUT2D eigenvalue weighted by molar-refractivity contribution is 7.91. The molecule has 0 bridgehead atoms. The minimum Gasteiger partial charge on any atom is -0.365 e. The molecular weight excluding hydrogens is 519 g/mol. The van der Waals surface area contributed by atoms with Crippen molar-refractivity contribution in [2.24, 2.45) is 5.73 Å². The molecule has 0 atom stereocenters. The number of sulfone groups is 1. The summed E-state index contributed by atoms with van der Waals surface area (Å²) in [7, 11) is -4.13. The van der Waals surface area contributed by atoms with Gasteiger partial charge >= 0.3 is 6.18 Å². The van der Waals surface area contributed by atoms with E-state index in [1.54, 1.807) is 26.0 Å². The Morgan fingerprint density at radius 3 is 1.92 bits per heavy atom. The summed E-state index contributed by atoms with van der Waals surface area (Å²) < 4.78 is 72.3. The molecule has 0 saturated carbocycles. The first-order valence-corrected chi connectivity index (χ1v) is 12.8. The quantitative estimate of drug-likeness (QED) is 0.365. The van der Waals surface area contributed by atoms with Crippen molar-refractivity contribution in [3.63, 3.8) is 0 Å². The summed E-state index contributed by atoms with van der Waals surface area (Å²) >= 11 is 0. The van der Waals surface area contributed by atoms with Gasteiger partial charge in [-0.15, -0.1) is 0 Å². The Labute approximate surface area is 215 Å². The number of aryl methyl sites for hydroxylation is 2. The molecule has 5 rings (SSSR count). The van der Waals surface area contributed by atoms with E-state index in [9.17, 15) is 31.2 Å². The van der Waals surface area contributed by atoms with Gasteiger partial charge in [-0.25, -0.2) is 8.42 Å². The van der Waals surface area contributed by atoms with E-state index in [1.165, 1.54) is 48.8 Å². The van der Waals surface area contributed by atoms with E-state index in [1.807, 2.05) is 0 Å². The molecule has 3 heterocycles. The van der Waals surface area contributed by atoms with E-state index < -0.39 is 50.3 Å². The van der Waals surface area contributed by atoms with Crippen molar-refractivity contribution in [2.45, 2.75) is 35.9 Å². The molecule has 2 aromatic heterocycles. The minimum absolute atomic E-state index is 0.0261. The van der Waals surface area contributed by atoms with Crippen LogP contribution in [-0.2, 0) is 16.0 Å². The minimum atomic E-state index is -5.08. The third-order valence-electron chi connectivity index (χ3n) is 6.52. The van der Waals surface area contributed by atoms with Crippen molar-refractivity contribution in [2.75, 3.05) is 0 Å².